The molecule has 0 aliphatic heterocycles. The Morgan fingerprint density at radius 3 is 2.68 bits per heavy atom. The van der Waals surface area contributed by atoms with Gasteiger partial charge in [0.15, 0.2) is 5.78 Å². The normalized spacial score (nSPS) is 20.0. The van der Waals surface area contributed by atoms with E-state index in [0.29, 0.717) is 55.5 Å². The molecule has 3 nitrogen and oxygen atoms in total. The highest BCUT2D eigenvalue weighted by atomic mass is 35.5. The number of ketones is 1. The molecule has 0 atom stereocenters. The molecule has 4 rings (SSSR count). The fraction of sp³-hybridized carbons (Fsp3) is 0.591. The zero-order chi connectivity index (χ0) is 19.7. The van der Waals surface area contributed by atoms with Crippen LogP contribution in [0.15, 0.2) is 24.4 Å². The number of ether oxygens (including phenoxy) is 1. The van der Waals surface area contributed by atoms with Crippen LogP contribution >= 0.6 is 11.6 Å². The fourth-order valence-corrected chi connectivity index (χ4v) is 4.39. The number of carbonyl (C=O) groups is 1. The Kier molecular flexibility index (Phi) is 5.75. The van der Waals surface area contributed by atoms with Gasteiger partial charge < -0.3 is 9.30 Å². The lowest BCUT2D eigenvalue weighted by Gasteiger charge is -2.27. The number of nitrogens with zero attached hydrogens (tertiary/aromatic N) is 1. The first-order chi connectivity index (χ1) is 13.4. The molecular weight excluding hydrogens is 384 g/mol. The summed E-state index contributed by atoms with van der Waals surface area (Å²) in [6, 6.07) is 5.66. The van der Waals surface area contributed by atoms with Gasteiger partial charge in [0.05, 0.1) is 23.3 Å². The maximum atomic E-state index is 13.3. The molecule has 0 saturated heterocycles. The average Bonchev–Trinajstić information content (AvgIpc) is 3.41. The van der Waals surface area contributed by atoms with Crippen LogP contribution in [-0.2, 0) is 11.3 Å². The van der Waals surface area contributed by atoms with Gasteiger partial charge in [-0.05, 0) is 50.2 Å². The van der Waals surface area contributed by atoms with Crippen LogP contribution in [0.4, 0.5) is 8.78 Å². The molecule has 1 aromatic heterocycles. The number of aromatic nitrogens is 1. The number of fused-ring (bicyclic) bond motifs is 1. The topological polar surface area (TPSA) is 31.2 Å². The Bertz CT molecular complexity index is 850. The van der Waals surface area contributed by atoms with Crippen LogP contribution in [0, 0.1) is 5.92 Å². The minimum atomic E-state index is -2.52. The molecule has 28 heavy (non-hydrogen) atoms. The van der Waals surface area contributed by atoms with Crippen molar-refractivity contribution in [2.24, 2.45) is 5.92 Å². The van der Waals surface area contributed by atoms with Crippen LogP contribution in [-0.4, -0.2) is 29.0 Å². The van der Waals surface area contributed by atoms with E-state index < -0.39 is 5.92 Å². The molecule has 2 aliphatic carbocycles. The molecule has 1 heterocycles. The van der Waals surface area contributed by atoms with Crippen LogP contribution in [0.5, 0.6) is 0 Å². The van der Waals surface area contributed by atoms with Gasteiger partial charge >= 0.3 is 0 Å². The number of benzene rings is 1. The Morgan fingerprint density at radius 1 is 1.21 bits per heavy atom. The lowest BCUT2D eigenvalue weighted by molar-refractivity contribution is -0.0464. The highest BCUT2D eigenvalue weighted by Crippen LogP contribution is 2.38. The van der Waals surface area contributed by atoms with E-state index in [0.717, 1.165) is 23.7 Å². The maximum absolute atomic E-state index is 13.3. The second-order valence-corrected chi connectivity index (χ2v) is 8.61. The molecule has 0 amide bonds. The van der Waals surface area contributed by atoms with Crippen molar-refractivity contribution in [2.45, 2.75) is 69.9 Å². The first-order valence-electron chi connectivity index (χ1n) is 10.2. The van der Waals surface area contributed by atoms with Crippen molar-refractivity contribution in [1.29, 1.82) is 0 Å². The van der Waals surface area contributed by atoms with Crippen LogP contribution < -0.4 is 0 Å². The third-order valence-electron chi connectivity index (χ3n) is 5.98. The van der Waals surface area contributed by atoms with E-state index >= 15 is 0 Å². The largest absolute Gasteiger partial charge is 0.376 e. The standard InChI is InChI=1S/C22H26ClF2NO2/c23-18-2-1-3-19-21(18)17(14-26(19)12-13-28-16-5-6-16)20(27)7-4-15-8-10-22(24,25)11-9-15/h1-3,14-16H,4-13H2. The summed E-state index contributed by atoms with van der Waals surface area (Å²) in [5.74, 6) is -2.28. The minimum Gasteiger partial charge on any atom is -0.376 e. The summed E-state index contributed by atoms with van der Waals surface area (Å²) in [4.78, 5) is 12.9. The van der Waals surface area contributed by atoms with Crippen molar-refractivity contribution in [3.63, 3.8) is 0 Å². The second kappa shape index (κ2) is 8.11. The van der Waals surface area contributed by atoms with E-state index in [4.69, 9.17) is 16.3 Å². The maximum Gasteiger partial charge on any atom is 0.248 e. The van der Waals surface area contributed by atoms with E-state index in [2.05, 4.69) is 0 Å². The molecule has 1 aromatic carbocycles. The Balaban J connectivity index is 1.45. The lowest BCUT2D eigenvalue weighted by atomic mass is 9.83. The molecule has 2 aliphatic rings. The Hall–Kier alpha value is -1.46. The van der Waals surface area contributed by atoms with Crippen LogP contribution in [0.3, 0.4) is 0 Å². The van der Waals surface area contributed by atoms with Gasteiger partial charge in [-0.25, -0.2) is 8.78 Å². The van der Waals surface area contributed by atoms with Gasteiger partial charge in [0, 0.05) is 43.0 Å². The summed E-state index contributed by atoms with van der Waals surface area (Å²) >= 11 is 6.41. The molecule has 152 valence electrons. The van der Waals surface area contributed by atoms with Gasteiger partial charge in [-0.1, -0.05) is 17.7 Å². The first kappa shape index (κ1) is 19.8. The summed E-state index contributed by atoms with van der Waals surface area (Å²) in [5, 5.41) is 1.36. The Labute approximate surface area is 169 Å². The molecule has 2 saturated carbocycles. The minimum absolute atomic E-state index is 0.0392. The number of alkyl halides is 2. The van der Waals surface area contributed by atoms with Gasteiger partial charge in [0.2, 0.25) is 5.92 Å². The summed E-state index contributed by atoms with van der Waals surface area (Å²) in [6.45, 7) is 1.29. The van der Waals surface area contributed by atoms with Crippen molar-refractivity contribution < 1.29 is 18.3 Å². The zero-order valence-electron chi connectivity index (χ0n) is 15.9. The van der Waals surface area contributed by atoms with Gasteiger partial charge in [0.1, 0.15) is 0 Å². The number of hydrogen-bond acceptors (Lipinski definition) is 2. The highest BCUT2D eigenvalue weighted by molar-refractivity contribution is 6.37. The van der Waals surface area contributed by atoms with Crippen molar-refractivity contribution >= 4 is 28.3 Å². The SMILES string of the molecule is O=C(CCC1CCC(F)(F)CC1)c1cn(CCOC2CC2)c2cccc(Cl)c12. The summed E-state index contributed by atoms with van der Waals surface area (Å²) in [6.07, 6.45) is 6.47. The molecule has 0 bridgehead atoms. The monoisotopic (exact) mass is 409 g/mol. The summed E-state index contributed by atoms with van der Waals surface area (Å²) in [7, 11) is 0. The molecular formula is C22H26ClF2NO2. The highest BCUT2D eigenvalue weighted by Gasteiger charge is 2.34. The number of hydrogen-bond donors (Lipinski definition) is 0. The molecule has 0 N–H and O–H groups in total. The summed E-state index contributed by atoms with van der Waals surface area (Å²) < 4.78 is 34.4. The van der Waals surface area contributed by atoms with Crippen LogP contribution in [0.2, 0.25) is 5.02 Å². The van der Waals surface area contributed by atoms with Gasteiger partial charge in [-0.3, -0.25) is 4.79 Å². The first-order valence-corrected chi connectivity index (χ1v) is 10.6. The van der Waals surface area contributed by atoms with Crippen molar-refractivity contribution in [3.05, 3.63) is 35.0 Å². The fourth-order valence-electron chi connectivity index (χ4n) is 4.12. The van der Waals surface area contributed by atoms with E-state index in [1.54, 1.807) is 6.07 Å². The van der Waals surface area contributed by atoms with Crippen LogP contribution in [0.25, 0.3) is 10.9 Å². The third-order valence-corrected chi connectivity index (χ3v) is 6.30. The predicted octanol–water partition coefficient (Wildman–Crippen LogP) is 6.26. The summed E-state index contributed by atoms with van der Waals surface area (Å²) in [5.41, 5.74) is 1.57. The van der Waals surface area contributed by atoms with Crippen molar-refractivity contribution in [3.8, 4) is 0 Å². The average molecular weight is 410 g/mol. The molecule has 0 unspecified atom stereocenters. The smallest absolute Gasteiger partial charge is 0.248 e. The second-order valence-electron chi connectivity index (χ2n) is 8.20. The zero-order valence-corrected chi connectivity index (χ0v) is 16.7. The predicted molar refractivity (Wildman–Crippen MR) is 106 cm³/mol. The van der Waals surface area contributed by atoms with E-state index in [1.807, 2.05) is 22.9 Å². The number of carbonyl (C=O) groups excluding carboxylic acids is 1. The quantitative estimate of drug-likeness (QED) is 0.481. The van der Waals surface area contributed by atoms with Crippen molar-refractivity contribution in [1.82, 2.24) is 4.57 Å². The number of halogens is 3. The lowest BCUT2D eigenvalue weighted by Crippen LogP contribution is -2.24. The van der Waals surface area contributed by atoms with E-state index in [1.165, 1.54) is 0 Å². The molecule has 6 heteroatoms. The third kappa shape index (κ3) is 4.57. The van der Waals surface area contributed by atoms with Gasteiger partial charge in [-0.15, -0.1) is 0 Å². The Morgan fingerprint density at radius 2 is 1.96 bits per heavy atom. The molecule has 0 spiro atoms. The number of Topliss-reactive ketones (excluding diaryl/α,β-unsaturated/α-hetero) is 1. The van der Waals surface area contributed by atoms with E-state index in [-0.39, 0.29) is 24.5 Å². The van der Waals surface area contributed by atoms with Crippen molar-refractivity contribution in [2.75, 3.05) is 6.61 Å². The van der Waals surface area contributed by atoms with Gasteiger partial charge in [0.25, 0.3) is 0 Å². The number of rotatable bonds is 8. The van der Waals surface area contributed by atoms with Gasteiger partial charge in [-0.2, -0.15) is 0 Å². The van der Waals surface area contributed by atoms with Crippen LogP contribution in [0.1, 0.15) is 61.7 Å². The molecule has 0 radical (unpaired) electrons. The van der Waals surface area contributed by atoms with E-state index in [9.17, 15) is 13.6 Å². The molecule has 2 fully saturated rings. The molecule has 2 aromatic rings.